The van der Waals surface area contributed by atoms with Gasteiger partial charge in [-0.2, -0.15) is 0 Å². The van der Waals surface area contributed by atoms with E-state index in [1.807, 2.05) is 0 Å². The van der Waals surface area contributed by atoms with Crippen LogP contribution in [-0.4, -0.2) is 8.07 Å². The minimum absolute atomic E-state index is 0.0816. The fourth-order valence-corrected chi connectivity index (χ4v) is 11.4. The van der Waals surface area contributed by atoms with Crippen molar-refractivity contribution in [3.8, 4) is 23.8 Å². The largest absolute Gasteiger partial charge is 0.146 e. The molecule has 132 valence electrons. The highest BCUT2D eigenvalue weighted by Gasteiger charge is 2.64. The average molecular weight is 349 g/mol. The molecule has 0 aromatic rings. The number of hydrogen-bond donors (Lipinski definition) is 0. The second kappa shape index (κ2) is 6.07. The second-order valence-corrected chi connectivity index (χ2v) is 14.6. The van der Waals surface area contributed by atoms with Gasteiger partial charge in [0, 0.05) is 22.0 Å². The third-order valence-electron chi connectivity index (χ3n) is 7.37. The first-order chi connectivity index (χ1) is 11.8. The maximum Gasteiger partial charge on any atom is 0.146 e. The van der Waals surface area contributed by atoms with Gasteiger partial charge in [0.2, 0.25) is 0 Å². The monoisotopic (exact) mass is 348 g/mol. The Labute approximate surface area is 155 Å². The van der Waals surface area contributed by atoms with E-state index in [2.05, 4.69) is 83.2 Å². The summed E-state index contributed by atoms with van der Waals surface area (Å²) < 4.78 is 0. The molecular weight excluding hydrogens is 316 g/mol. The molecule has 1 saturated carbocycles. The highest BCUT2D eigenvalue weighted by molar-refractivity contribution is 6.90. The van der Waals surface area contributed by atoms with Crippen LogP contribution in [0.4, 0.5) is 0 Å². The molecule has 1 heteroatoms. The van der Waals surface area contributed by atoms with Gasteiger partial charge in [-0.05, 0) is 29.5 Å². The van der Waals surface area contributed by atoms with Crippen LogP contribution >= 0.6 is 0 Å². The van der Waals surface area contributed by atoms with Crippen LogP contribution in [0.25, 0.3) is 0 Å². The van der Waals surface area contributed by atoms with Gasteiger partial charge in [-0.3, -0.25) is 0 Å². The third kappa shape index (κ3) is 2.15. The van der Waals surface area contributed by atoms with Crippen LogP contribution in [-0.2, 0) is 0 Å². The minimum atomic E-state index is -1.73. The summed E-state index contributed by atoms with van der Waals surface area (Å²) in [5.74, 6) is 6.76. The lowest BCUT2D eigenvalue weighted by Gasteiger charge is -2.54. The summed E-state index contributed by atoms with van der Waals surface area (Å²) in [6.07, 6.45) is 18.7. The average Bonchev–Trinajstić information content (AvgIpc) is 2.88. The maximum absolute atomic E-state index is 5.98. The predicted octanol–water partition coefficient (Wildman–Crippen LogP) is 6.43. The number of rotatable bonds is 3. The molecule has 2 unspecified atom stereocenters. The van der Waals surface area contributed by atoms with E-state index in [9.17, 15) is 0 Å². The molecule has 0 N–H and O–H groups in total. The van der Waals surface area contributed by atoms with Crippen molar-refractivity contribution in [2.24, 2.45) is 10.8 Å². The summed E-state index contributed by atoms with van der Waals surface area (Å²) in [4.78, 5) is 0. The smallest absolute Gasteiger partial charge is 0.125 e. The molecule has 25 heavy (non-hydrogen) atoms. The van der Waals surface area contributed by atoms with E-state index in [0.717, 1.165) is 0 Å². The van der Waals surface area contributed by atoms with Crippen LogP contribution in [0.2, 0.25) is 16.6 Å². The van der Waals surface area contributed by atoms with Crippen molar-refractivity contribution >= 4 is 8.07 Å². The Bertz CT molecular complexity index is 734. The molecule has 0 amide bonds. The van der Waals surface area contributed by atoms with E-state index >= 15 is 0 Å². The first-order valence-corrected chi connectivity index (χ1v) is 12.1. The zero-order valence-electron chi connectivity index (χ0n) is 16.7. The van der Waals surface area contributed by atoms with Crippen LogP contribution in [0.3, 0.4) is 0 Å². The topological polar surface area (TPSA) is 0 Å². The number of hydrogen-bond acceptors (Lipinski definition) is 0. The first-order valence-electron chi connectivity index (χ1n) is 9.90. The lowest BCUT2D eigenvalue weighted by atomic mass is 9.47. The van der Waals surface area contributed by atoms with Crippen molar-refractivity contribution in [1.82, 2.24) is 0 Å². The van der Waals surface area contributed by atoms with E-state index in [4.69, 9.17) is 6.42 Å². The quantitative estimate of drug-likeness (QED) is 0.407. The lowest BCUT2D eigenvalue weighted by molar-refractivity contribution is 0.232. The summed E-state index contributed by atoms with van der Waals surface area (Å²) in [7, 11) is -1.73. The van der Waals surface area contributed by atoms with Gasteiger partial charge in [0.25, 0.3) is 0 Å². The first kappa shape index (κ1) is 18.4. The van der Waals surface area contributed by atoms with E-state index in [0.29, 0.717) is 16.6 Å². The lowest BCUT2D eigenvalue weighted by Crippen LogP contribution is -2.48. The number of allylic oxidation sites excluding steroid dienone is 6. The van der Waals surface area contributed by atoms with Gasteiger partial charge < -0.3 is 0 Å². The van der Waals surface area contributed by atoms with Crippen molar-refractivity contribution in [1.29, 1.82) is 0 Å². The van der Waals surface area contributed by atoms with Gasteiger partial charge in [-0.1, -0.05) is 84.1 Å². The SMILES string of the molecule is C#CC1=C(C#C[Si](C(C)C)(C(C)C)C(C)C)C23C=CC=CC12CCC3. The van der Waals surface area contributed by atoms with E-state index in [1.165, 1.54) is 30.4 Å². The zero-order valence-corrected chi connectivity index (χ0v) is 17.7. The predicted molar refractivity (Wildman–Crippen MR) is 112 cm³/mol. The van der Waals surface area contributed by atoms with Gasteiger partial charge in [-0.25, -0.2) is 0 Å². The van der Waals surface area contributed by atoms with Crippen LogP contribution < -0.4 is 0 Å². The number of terminal acetylenes is 1. The molecule has 0 heterocycles. The van der Waals surface area contributed by atoms with Gasteiger partial charge in [-0.15, -0.1) is 12.0 Å². The van der Waals surface area contributed by atoms with Crippen LogP contribution in [0, 0.1) is 34.6 Å². The Morgan fingerprint density at radius 3 is 1.80 bits per heavy atom. The fraction of sp³-hybridized carbons (Fsp3) is 0.583. The van der Waals surface area contributed by atoms with Gasteiger partial charge in [0.15, 0.2) is 0 Å². The molecule has 0 bridgehead atoms. The molecule has 2 atom stereocenters. The van der Waals surface area contributed by atoms with Gasteiger partial charge >= 0.3 is 0 Å². The Morgan fingerprint density at radius 2 is 1.36 bits per heavy atom. The van der Waals surface area contributed by atoms with E-state index in [-0.39, 0.29) is 10.8 Å². The molecular formula is C24H32Si. The van der Waals surface area contributed by atoms with E-state index < -0.39 is 8.07 Å². The Hall–Kier alpha value is -1.44. The van der Waals surface area contributed by atoms with Crippen LogP contribution in [0.5, 0.6) is 0 Å². The molecule has 3 aliphatic rings. The zero-order chi connectivity index (χ0) is 18.5. The third-order valence-corrected chi connectivity index (χ3v) is 13.7. The van der Waals surface area contributed by atoms with Crippen molar-refractivity contribution in [2.75, 3.05) is 0 Å². The normalized spacial score (nSPS) is 30.1. The molecule has 0 radical (unpaired) electrons. The van der Waals surface area contributed by atoms with Crippen molar-refractivity contribution < 1.29 is 0 Å². The molecule has 0 aromatic heterocycles. The molecule has 0 spiro atoms. The molecule has 0 aromatic carbocycles. The van der Waals surface area contributed by atoms with E-state index in [1.54, 1.807) is 0 Å². The minimum Gasteiger partial charge on any atom is -0.125 e. The van der Waals surface area contributed by atoms with Gasteiger partial charge in [0.1, 0.15) is 8.07 Å². The molecule has 0 aliphatic heterocycles. The summed E-state index contributed by atoms with van der Waals surface area (Å²) in [5, 5.41) is 0. The maximum atomic E-state index is 5.98. The van der Waals surface area contributed by atoms with Crippen LogP contribution in [0.15, 0.2) is 35.5 Å². The van der Waals surface area contributed by atoms with Crippen molar-refractivity contribution in [2.45, 2.75) is 77.4 Å². The molecule has 0 saturated heterocycles. The standard InChI is InChI=1S/C24H32Si/c1-8-21-22(12-17-25(18(2)3,19(4)5)20(6)7)24-14-10-9-13-23(21,24)15-11-16-24/h1,9-10,13-14,18-20H,11,15-16H2,2-7H3. The summed E-state index contributed by atoms with van der Waals surface area (Å²) in [6.45, 7) is 14.2. The van der Waals surface area contributed by atoms with Gasteiger partial charge in [0.05, 0.1) is 0 Å². The van der Waals surface area contributed by atoms with Crippen molar-refractivity contribution in [3.63, 3.8) is 0 Å². The molecule has 3 rings (SSSR count). The Morgan fingerprint density at radius 1 is 0.880 bits per heavy atom. The summed E-state index contributed by atoms with van der Waals surface area (Å²) >= 11 is 0. The fourth-order valence-electron chi connectivity index (χ4n) is 6.22. The molecule has 0 nitrogen and oxygen atoms in total. The van der Waals surface area contributed by atoms with Crippen molar-refractivity contribution in [3.05, 3.63) is 35.5 Å². The molecule has 3 aliphatic carbocycles. The highest BCUT2D eigenvalue weighted by Crippen LogP contribution is 2.71. The molecule has 1 fully saturated rings. The highest BCUT2D eigenvalue weighted by atomic mass is 28.3. The Kier molecular flexibility index (Phi) is 4.46. The van der Waals surface area contributed by atoms with Crippen LogP contribution in [0.1, 0.15) is 60.8 Å². The second-order valence-electron chi connectivity index (χ2n) is 9.06. The summed E-state index contributed by atoms with van der Waals surface area (Å²) in [5.41, 5.74) is 8.51. The Balaban J connectivity index is 2.14. The summed E-state index contributed by atoms with van der Waals surface area (Å²) in [6, 6.07) is 0.